The molecule has 0 N–H and O–H groups in total. The predicted molar refractivity (Wildman–Crippen MR) is 124 cm³/mol. The number of pyridine rings is 2. The van der Waals surface area contributed by atoms with E-state index < -0.39 is 0 Å². The minimum absolute atomic E-state index is 0.981. The Hall–Kier alpha value is -2.48. The van der Waals surface area contributed by atoms with Crippen molar-refractivity contribution in [2.24, 2.45) is 0 Å². The third-order valence-electron chi connectivity index (χ3n) is 5.50. The van der Waals surface area contributed by atoms with Gasteiger partial charge in [-0.2, -0.15) is 0 Å². The highest BCUT2D eigenvalue weighted by Crippen LogP contribution is 2.23. The van der Waals surface area contributed by atoms with Gasteiger partial charge in [-0.25, -0.2) is 0 Å². The number of rotatable bonds is 11. The van der Waals surface area contributed by atoms with E-state index in [4.69, 9.17) is 0 Å². The van der Waals surface area contributed by atoms with Gasteiger partial charge in [-0.05, 0) is 48.6 Å². The Kier molecular flexibility index (Phi) is 8.42. The largest absolute Gasteiger partial charge is 0.261 e. The Morgan fingerprint density at radius 3 is 1.90 bits per heavy atom. The summed E-state index contributed by atoms with van der Waals surface area (Å²) in [5.41, 5.74) is 7.03. The molecule has 0 fully saturated rings. The zero-order valence-corrected chi connectivity index (χ0v) is 18.0. The molecule has 0 atom stereocenters. The van der Waals surface area contributed by atoms with Gasteiger partial charge in [0, 0.05) is 29.2 Å². The van der Waals surface area contributed by atoms with Crippen LogP contribution in [0.4, 0.5) is 0 Å². The summed E-state index contributed by atoms with van der Waals surface area (Å²) in [5, 5.41) is 0. The molecule has 0 bridgehead atoms. The summed E-state index contributed by atoms with van der Waals surface area (Å²) < 4.78 is 0. The first kappa shape index (κ1) is 21.2. The van der Waals surface area contributed by atoms with Gasteiger partial charge in [0.25, 0.3) is 0 Å². The Bertz CT molecular complexity index is 833. The van der Waals surface area contributed by atoms with Gasteiger partial charge in [-0.3, -0.25) is 9.97 Å². The fourth-order valence-electron chi connectivity index (χ4n) is 3.70. The lowest BCUT2D eigenvalue weighted by molar-refractivity contribution is 0.605. The van der Waals surface area contributed by atoms with E-state index in [-0.39, 0.29) is 0 Å². The van der Waals surface area contributed by atoms with E-state index in [2.05, 4.69) is 72.3 Å². The molecule has 0 amide bonds. The maximum absolute atomic E-state index is 4.68. The fourth-order valence-corrected chi connectivity index (χ4v) is 3.70. The molecule has 3 aromatic rings. The summed E-state index contributed by atoms with van der Waals surface area (Å²) in [4.78, 5) is 9.33. The van der Waals surface area contributed by atoms with Crippen LogP contribution in [-0.2, 0) is 12.8 Å². The van der Waals surface area contributed by atoms with Crippen molar-refractivity contribution in [1.29, 1.82) is 0 Å². The topological polar surface area (TPSA) is 25.8 Å². The van der Waals surface area contributed by atoms with Gasteiger partial charge in [0.05, 0.1) is 5.69 Å². The maximum atomic E-state index is 4.68. The van der Waals surface area contributed by atoms with Crippen LogP contribution >= 0.6 is 0 Å². The summed E-state index contributed by atoms with van der Waals surface area (Å²) in [6.45, 7) is 4.48. The van der Waals surface area contributed by atoms with Crippen molar-refractivity contribution >= 4 is 0 Å². The van der Waals surface area contributed by atoms with Gasteiger partial charge in [0.15, 0.2) is 0 Å². The Balaban J connectivity index is 1.55. The third kappa shape index (κ3) is 6.52. The summed E-state index contributed by atoms with van der Waals surface area (Å²) in [7, 11) is 0. The second-order valence-corrected chi connectivity index (χ2v) is 7.94. The van der Waals surface area contributed by atoms with Crippen molar-refractivity contribution in [3.8, 4) is 22.4 Å². The number of aromatic nitrogens is 2. The van der Waals surface area contributed by atoms with Crippen molar-refractivity contribution in [3.05, 3.63) is 72.2 Å². The highest BCUT2D eigenvalue weighted by atomic mass is 14.7. The second-order valence-electron chi connectivity index (χ2n) is 7.94. The monoisotopic (exact) mass is 386 g/mol. The van der Waals surface area contributed by atoms with Crippen LogP contribution in [-0.4, -0.2) is 9.97 Å². The molecule has 0 radical (unpaired) electrons. The first-order valence-electron chi connectivity index (χ1n) is 11.3. The van der Waals surface area contributed by atoms with E-state index in [1.54, 1.807) is 0 Å². The van der Waals surface area contributed by atoms with Gasteiger partial charge >= 0.3 is 0 Å². The lowest BCUT2D eigenvalue weighted by atomic mass is 10.0. The lowest BCUT2D eigenvalue weighted by Gasteiger charge is -2.06. The zero-order chi connectivity index (χ0) is 20.3. The van der Waals surface area contributed by atoms with Crippen molar-refractivity contribution in [2.45, 2.75) is 71.6 Å². The van der Waals surface area contributed by atoms with E-state index in [0.29, 0.717) is 0 Å². The summed E-state index contributed by atoms with van der Waals surface area (Å²) in [6.07, 6.45) is 15.3. The Labute approximate surface area is 176 Å². The molecular formula is C27H34N2. The number of aryl methyl sites for hydroxylation is 2. The average Bonchev–Trinajstić information content (AvgIpc) is 2.78. The van der Waals surface area contributed by atoms with Gasteiger partial charge in [-0.1, -0.05) is 82.7 Å². The minimum Gasteiger partial charge on any atom is -0.261 e. The third-order valence-corrected chi connectivity index (χ3v) is 5.50. The second kappa shape index (κ2) is 11.5. The molecule has 0 aliphatic heterocycles. The summed E-state index contributed by atoms with van der Waals surface area (Å²) in [6, 6.07) is 17.4. The first-order chi connectivity index (χ1) is 14.3. The van der Waals surface area contributed by atoms with Crippen LogP contribution in [0.3, 0.4) is 0 Å². The number of nitrogens with zero attached hydrogens (tertiary/aromatic N) is 2. The van der Waals surface area contributed by atoms with Gasteiger partial charge < -0.3 is 0 Å². The fraction of sp³-hybridized carbons (Fsp3) is 0.407. The molecule has 2 heterocycles. The Morgan fingerprint density at radius 2 is 1.24 bits per heavy atom. The minimum atomic E-state index is 0.981. The van der Waals surface area contributed by atoms with Crippen LogP contribution in [0.15, 0.2) is 60.9 Å². The summed E-state index contributed by atoms with van der Waals surface area (Å²) >= 11 is 0. The van der Waals surface area contributed by atoms with Crippen LogP contribution < -0.4 is 0 Å². The molecule has 152 valence electrons. The molecule has 29 heavy (non-hydrogen) atoms. The number of hydrogen-bond acceptors (Lipinski definition) is 2. The molecule has 2 aromatic heterocycles. The maximum Gasteiger partial charge on any atom is 0.0717 e. The predicted octanol–water partition coefficient (Wildman–Crippen LogP) is 7.67. The van der Waals surface area contributed by atoms with Gasteiger partial charge in [0.2, 0.25) is 0 Å². The molecule has 0 aliphatic carbocycles. The zero-order valence-electron chi connectivity index (χ0n) is 18.0. The molecule has 0 saturated carbocycles. The van der Waals surface area contributed by atoms with E-state index in [1.165, 1.54) is 61.8 Å². The van der Waals surface area contributed by atoms with Crippen molar-refractivity contribution in [1.82, 2.24) is 9.97 Å². The normalized spacial score (nSPS) is 11.0. The summed E-state index contributed by atoms with van der Waals surface area (Å²) in [5.74, 6) is 0. The van der Waals surface area contributed by atoms with E-state index >= 15 is 0 Å². The van der Waals surface area contributed by atoms with Crippen LogP contribution in [0.5, 0.6) is 0 Å². The molecular weight excluding hydrogens is 352 g/mol. The number of unbranched alkanes of at least 4 members (excludes halogenated alkanes) is 5. The molecule has 0 saturated heterocycles. The molecule has 0 aliphatic rings. The van der Waals surface area contributed by atoms with Crippen molar-refractivity contribution in [3.63, 3.8) is 0 Å². The van der Waals surface area contributed by atoms with Crippen molar-refractivity contribution < 1.29 is 0 Å². The number of benzene rings is 1. The molecule has 1 aromatic carbocycles. The lowest BCUT2D eigenvalue weighted by Crippen LogP contribution is -1.92. The van der Waals surface area contributed by atoms with Crippen molar-refractivity contribution in [2.75, 3.05) is 0 Å². The standard InChI is InChI=1S/C27H34N2/c1-3-5-6-7-8-9-11-26-18-16-25(21-28-26)27-19-17-24(20-29-27)23-14-12-22(10-4-2)13-15-23/h12-21H,3-11H2,1-2H3. The Morgan fingerprint density at radius 1 is 0.552 bits per heavy atom. The number of hydrogen-bond donors (Lipinski definition) is 0. The van der Waals surface area contributed by atoms with Gasteiger partial charge in [0.1, 0.15) is 0 Å². The first-order valence-corrected chi connectivity index (χ1v) is 11.3. The van der Waals surface area contributed by atoms with E-state index in [0.717, 1.165) is 29.7 Å². The molecule has 3 rings (SSSR count). The van der Waals surface area contributed by atoms with E-state index in [9.17, 15) is 0 Å². The van der Waals surface area contributed by atoms with Crippen LogP contribution in [0, 0.1) is 0 Å². The van der Waals surface area contributed by atoms with Crippen LogP contribution in [0.25, 0.3) is 22.4 Å². The van der Waals surface area contributed by atoms with Crippen LogP contribution in [0.1, 0.15) is 70.1 Å². The van der Waals surface area contributed by atoms with E-state index in [1.807, 2.05) is 12.4 Å². The SMILES string of the molecule is CCCCCCCCc1ccc(-c2ccc(-c3ccc(CCC)cc3)cn2)cn1. The molecule has 0 unspecified atom stereocenters. The van der Waals surface area contributed by atoms with Crippen LogP contribution in [0.2, 0.25) is 0 Å². The quantitative estimate of drug-likeness (QED) is 0.316. The molecule has 2 nitrogen and oxygen atoms in total. The van der Waals surface area contributed by atoms with Gasteiger partial charge in [-0.15, -0.1) is 0 Å². The molecule has 2 heteroatoms. The molecule has 0 spiro atoms. The smallest absolute Gasteiger partial charge is 0.0717 e. The average molecular weight is 387 g/mol. The highest BCUT2D eigenvalue weighted by Gasteiger charge is 2.04. The highest BCUT2D eigenvalue weighted by molar-refractivity contribution is 5.66.